The van der Waals surface area contributed by atoms with Crippen LogP contribution in [0, 0.1) is 12.8 Å². The minimum atomic E-state index is -0.00975. The van der Waals surface area contributed by atoms with Gasteiger partial charge in [0.2, 0.25) is 5.91 Å². The molecule has 156 valence electrons. The Morgan fingerprint density at radius 3 is 2.55 bits per heavy atom. The summed E-state index contributed by atoms with van der Waals surface area (Å²) in [6, 6.07) is 6.11. The second kappa shape index (κ2) is 9.29. The predicted octanol–water partition coefficient (Wildman–Crippen LogP) is 5.66. The maximum atomic E-state index is 12.5. The Hall–Kier alpha value is -1.88. The molecule has 4 rings (SSSR count). The van der Waals surface area contributed by atoms with Crippen LogP contribution in [0.4, 0.5) is 5.69 Å². The first kappa shape index (κ1) is 20.4. The summed E-state index contributed by atoms with van der Waals surface area (Å²) in [7, 11) is 0. The highest BCUT2D eigenvalue weighted by Gasteiger charge is 2.29. The Labute approximate surface area is 178 Å². The number of carbonyl (C=O) groups excluding carboxylic acids is 1. The van der Waals surface area contributed by atoms with E-state index in [1.807, 2.05) is 25.1 Å². The number of benzene rings is 1. The molecule has 0 atom stereocenters. The van der Waals surface area contributed by atoms with E-state index in [0.717, 1.165) is 35.2 Å². The molecule has 1 N–H and O–H groups in total. The molecule has 2 saturated carbocycles. The highest BCUT2D eigenvalue weighted by Crippen LogP contribution is 2.37. The first-order valence-electron chi connectivity index (χ1n) is 11.1. The van der Waals surface area contributed by atoms with Gasteiger partial charge in [0.1, 0.15) is 11.6 Å². The molecule has 2 aliphatic carbocycles. The van der Waals surface area contributed by atoms with E-state index in [1.165, 1.54) is 51.4 Å². The molecule has 2 aliphatic rings. The van der Waals surface area contributed by atoms with Gasteiger partial charge in [0.15, 0.2) is 0 Å². The standard InChI is InChI=1S/C23H31ClN4O/c1-16-19(24)8-5-9-20(16)25-23(29)15-14-22-27-26-21(28(22)18-11-12-18)13-10-17-6-3-2-4-7-17/h5,8-9,17-18H,2-4,6-7,10-15H2,1H3,(H,25,29). The smallest absolute Gasteiger partial charge is 0.224 e. The van der Waals surface area contributed by atoms with Crippen molar-refractivity contribution in [2.24, 2.45) is 5.92 Å². The number of carbonyl (C=O) groups is 1. The Morgan fingerprint density at radius 1 is 1.10 bits per heavy atom. The van der Waals surface area contributed by atoms with Crippen molar-refractivity contribution in [1.29, 1.82) is 0 Å². The molecule has 1 aromatic heterocycles. The number of hydrogen-bond acceptors (Lipinski definition) is 3. The van der Waals surface area contributed by atoms with Crippen molar-refractivity contribution in [1.82, 2.24) is 14.8 Å². The highest BCUT2D eigenvalue weighted by atomic mass is 35.5. The first-order chi connectivity index (χ1) is 14.1. The number of amides is 1. The lowest BCUT2D eigenvalue weighted by Gasteiger charge is -2.21. The quantitative estimate of drug-likeness (QED) is 0.606. The molecule has 29 heavy (non-hydrogen) atoms. The summed E-state index contributed by atoms with van der Waals surface area (Å²) in [6.45, 7) is 1.92. The number of aromatic nitrogens is 3. The molecule has 0 radical (unpaired) electrons. The lowest BCUT2D eigenvalue weighted by Crippen LogP contribution is -2.15. The van der Waals surface area contributed by atoms with Gasteiger partial charge in [-0.2, -0.15) is 0 Å². The monoisotopic (exact) mass is 414 g/mol. The van der Waals surface area contributed by atoms with Crippen LogP contribution in [-0.2, 0) is 17.6 Å². The molecule has 0 bridgehead atoms. The fourth-order valence-corrected chi connectivity index (χ4v) is 4.62. The molecular formula is C23H31ClN4O. The lowest BCUT2D eigenvalue weighted by molar-refractivity contribution is -0.116. The second-order valence-electron chi connectivity index (χ2n) is 8.64. The van der Waals surface area contributed by atoms with Crippen LogP contribution in [0.25, 0.3) is 0 Å². The van der Waals surface area contributed by atoms with Gasteiger partial charge in [-0.05, 0) is 49.8 Å². The molecule has 6 heteroatoms. The van der Waals surface area contributed by atoms with Crippen LogP contribution in [0.2, 0.25) is 5.02 Å². The van der Waals surface area contributed by atoms with Gasteiger partial charge >= 0.3 is 0 Å². The third-order valence-corrected chi connectivity index (χ3v) is 6.78. The Morgan fingerprint density at radius 2 is 1.83 bits per heavy atom. The number of hydrogen-bond donors (Lipinski definition) is 1. The van der Waals surface area contributed by atoms with Gasteiger partial charge in [-0.15, -0.1) is 10.2 Å². The molecule has 1 heterocycles. The van der Waals surface area contributed by atoms with E-state index in [9.17, 15) is 4.79 Å². The number of nitrogens with one attached hydrogen (secondary N) is 1. The van der Waals surface area contributed by atoms with E-state index in [1.54, 1.807) is 0 Å². The lowest BCUT2D eigenvalue weighted by atomic mass is 9.86. The molecule has 5 nitrogen and oxygen atoms in total. The zero-order valence-corrected chi connectivity index (χ0v) is 18.0. The van der Waals surface area contributed by atoms with E-state index in [0.29, 0.717) is 23.9 Å². The molecule has 0 spiro atoms. The number of halogens is 1. The zero-order chi connectivity index (χ0) is 20.2. The summed E-state index contributed by atoms with van der Waals surface area (Å²) in [5, 5.41) is 12.6. The minimum Gasteiger partial charge on any atom is -0.326 e. The van der Waals surface area contributed by atoms with E-state index in [2.05, 4.69) is 20.1 Å². The Balaban J connectivity index is 1.35. The molecule has 0 unspecified atom stereocenters. The van der Waals surface area contributed by atoms with Gasteiger partial charge in [-0.3, -0.25) is 4.79 Å². The largest absolute Gasteiger partial charge is 0.326 e. The molecular weight excluding hydrogens is 384 g/mol. The minimum absolute atomic E-state index is 0.00975. The van der Waals surface area contributed by atoms with Gasteiger partial charge < -0.3 is 9.88 Å². The van der Waals surface area contributed by atoms with E-state index in [-0.39, 0.29) is 5.91 Å². The van der Waals surface area contributed by atoms with Crippen LogP contribution in [0.3, 0.4) is 0 Å². The molecule has 1 amide bonds. The summed E-state index contributed by atoms with van der Waals surface area (Å²) in [5.74, 6) is 2.93. The molecule has 2 fully saturated rings. The number of nitrogens with zero attached hydrogens (tertiary/aromatic N) is 3. The average molecular weight is 415 g/mol. The summed E-state index contributed by atoms with van der Waals surface area (Å²) in [4.78, 5) is 12.5. The van der Waals surface area contributed by atoms with Gasteiger partial charge in [-0.25, -0.2) is 0 Å². The van der Waals surface area contributed by atoms with Crippen molar-refractivity contribution < 1.29 is 4.79 Å². The van der Waals surface area contributed by atoms with Crippen molar-refractivity contribution in [2.45, 2.75) is 83.6 Å². The Kier molecular flexibility index (Phi) is 6.53. The van der Waals surface area contributed by atoms with Crippen LogP contribution >= 0.6 is 11.6 Å². The number of aryl methyl sites for hydroxylation is 2. The van der Waals surface area contributed by atoms with Crippen LogP contribution < -0.4 is 5.32 Å². The van der Waals surface area contributed by atoms with E-state index in [4.69, 9.17) is 11.6 Å². The normalized spacial score (nSPS) is 17.4. The van der Waals surface area contributed by atoms with Gasteiger partial charge in [0.05, 0.1) is 0 Å². The summed E-state index contributed by atoms with van der Waals surface area (Å²) < 4.78 is 2.33. The van der Waals surface area contributed by atoms with Gasteiger partial charge in [0.25, 0.3) is 0 Å². The summed E-state index contributed by atoms with van der Waals surface area (Å²) in [5.41, 5.74) is 1.67. The third kappa shape index (κ3) is 5.19. The summed E-state index contributed by atoms with van der Waals surface area (Å²) in [6.07, 6.45) is 12.6. The van der Waals surface area contributed by atoms with Crippen molar-refractivity contribution in [3.8, 4) is 0 Å². The van der Waals surface area contributed by atoms with E-state index < -0.39 is 0 Å². The first-order valence-corrected chi connectivity index (χ1v) is 11.5. The third-order valence-electron chi connectivity index (χ3n) is 6.37. The van der Waals surface area contributed by atoms with Crippen LogP contribution in [0.15, 0.2) is 18.2 Å². The zero-order valence-electron chi connectivity index (χ0n) is 17.3. The van der Waals surface area contributed by atoms with Crippen molar-refractivity contribution >= 4 is 23.2 Å². The molecule has 0 aliphatic heterocycles. The van der Waals surface area contributed by atoms with Gasteiger partial charge in [-0.1, -0.05) is 49.8 Å². The topological polar surface area (TPSA) is 59.8 Å². The average Bonchev–Trinajstić information content (AvgIpc) is 3.49. The van der Waals surface area contributed by atoms with Crippen molar-refractivity contribution in [3.05, 3.63) is 40.4 Å². The number of rotatable bonds is 8. The van der Waals surface area contributed by atoms with Gasteiger partial charge in [0, 0.05) is 36.0 Å². The molecule has 1 aromatic carbocycles. The number of anilines is 1. The second-order valence-corrected chi connectivity index (χ2v) is 9.04. The highest BCUT2D eigenvalue weighted by molar-refractivity contribution is 6.31. The molecule has 2 aromatic rings. The van der Waals surface area contributed by atoms with E-state index >= 15 is 0 Å². The maximum absolute atomic E-state index is 12.5. The molecule has 0 saturated heterocycles. The van der Waals surface area contributed by atoms with Crippen LogP contribution in [0.5, 0.6) is 0 Å². The Bertz CT molecular complexity index is 853. The SMILES string of the molecule is Cc1c(Cl)cccc1NC(=O)CCc1nnc(CCC2CCCCC2)n1C1CC1. The van der Waals surface area contributed by atoms with Crippen molar-refractivity contribution in [2.75, 3.05) is 5.32 Å². The predicted molar refractivity (Wildman–Crippen MR) is 116 cm³/mol. The van der Waals surface area contributed by atoms with Crippen molar-refractivity contribution in [3.63, 3.8) is 0 Å². The fraction of sp³-hybridized carbons (Fsp3) is 0.609. The van der Waals surface area contributed by atoms with Crippen LogP contribution in [0.1, 0.15) is 81.0 Å². The fourth-order valence-electron chi connectivity index (χ4n) is 4.45. The van der Waals surface area contributed by atoms with Crippen LogP contribution in [-0.4, -0.2) is 20.7 Å². The summed E-state index contributed by atoms with van der Waals surface area (Å²) >= 11 is 6.15. The maximum Gasteiger partial charge on any atom is 0.224 e.